The summed E-state index contributed by atoms with van der Waals surface area (Å²) in [6.07, 6.45) is -5.37. The first-order valence-electron chi connectivity index (χ1n) is 7.39. The minimum absolute atomic E-state index is 0.00451. The second kappa shape index (κ2) is 8.90. The Bertz CT molecular complexity index is 1210. The number of nitro benzene ring substituents is 4. The van der Waals surface area contributed by atoms with E-state index >= 15 is 0 Å². The van der Waals surface area contributed by atoms with E-state index in [0.29, 0.717) is 0 Å². The van der Waals surface area contributed by atoms with Gasteiger partial charge in [0.1, 0.15) is 15.8 Å². The van der Waals surface area contributed by atoms with Gasteiger partial charge in [-0.15, -0.1) is 0 Å². The SMILES string of the molecule is O=[N+]([O-])c1cc([N+](=O)[O-])c(Nc2c(Br)c(Br)c([N+](=O)[O-])c(Br)c2[N+](=O)[O-])c(C(F)(F)F)c1. The Labute approximate surface area is 197 Å². The summed E-state index contributed by atoms with van der Waals surface area (Å²) in [5.74, 6) is 0. The van der Waals surface area contributed by atoms with Crippen molar-refractivity contribution in [3.63, 3.8) is 0 Å². The monoisotopic (exact) mass is 651 g/mol. The van der Waals surface area contributed by atoms with E-state index in [-0.39, 0.29) is 12.1 Å². The fourth-order valence-electron chi connectivity index (χ4n) is 2.42. The molecule has 0 unspecified atom stereocenters. The van der Waals surface area contributed by atoms with Gasteiger partial charge in [-0.2, -0.15) is 13.2 Å². The number of rotatable bonds is 6. The normalized spacial score (nSPS) is 11.2. The third-order valence-electron chi connectivity index (χ3n) is 3.70. The first-order valence-corrected chi connectivity index (χ1v) is 9.77. The highest BCUT2D eigenvalue weighted by molar-refractivity contribution is 9.13. The number of anilines is 2. The van der Waals surface area contributed by atoms with E-state index in [4.69, 9.17) is 0 Å². The maximum atomic E-state index is 13.6. The number of alkyl halides is 3. The van der Waals surface area contributed by atoms with Crippen LogP contribution in [0.2, 0.25) is 0 Å². The highest BCUT2D eigenvalue weighted by atomic mass is 79.9. The molecule has 0 aliphatic heterocycles. The van der Waals surface area contributed by atoms with Gasteiger partial charge in [-0.1, -0.05) is 0 Å². The highest BCUT2D eigenvalue weighted by Crippen LogP contribution is 2.52. The zero-order valence-corrected chi connectivity index (χ0v) is 19.2. The molecule has 2 aromatic carbocycles. The molecule has 0 amide bonds. The molecule has 2 rings (SSSR count). The predicted molar refractivity (Wildman–Crippen MR) is 111 cm³/mol. The Hall–Kier alpha value is -2.93. The van der Waals surface area contributed by atoms with E-state index in [1.165, 1.54) is 0 Å². The van der Waals surface area contributed by atoms with E-state index in [1.54, 1.807) is 0 Å². The maximum Gasteiger partial charge on any atom is 0.418 e. The third-order valence-corrected chi connectivity index (χ3v) is 6.55. The summed E-state index contributed by atoms with van der Waals surface area (Å²) in [5.41, 5.74) is -8.72. The van der Waals surface area contributed by atoms with Crippen molar-refractivity contribution in [1.82, 2.24) is 0 Å². The second-order valence-corrected chi connectivity index (χ2v) is 7.93. The Morgan fingerprint density at radius 1 is 0.719 bits per heavy atom. The van der Waals surface area contributed by atoms with Crippen LogP contribution in [0.4, 0.5) is 47.3 Å². The molecule has 1 N–H and O–H groups in total. The topological polar surface area (TPSA) is 185 Å². The number of benzene rings is 2. The molecule has 32 heavy (non-hydrogen) atoms. The van der Waals surface area contributed by atoms with E-state index < -0.39 is 79.0 Å². The van der Waals surface area contributed by atoms with Crippen LogP contribution < -0.4 is 5.32 Å². The first-order chi connectivity index (χ1) is 14.6. The molecule has 0 bridgehead atoms. The standard InChI is InChI=1S/C13H3Br3F3N5O8/c14-6-7(15)11(23(29)30)8(16)12(24(31)32)10(6)20-9-4(13(17,18)19)1-3(21(25)26)2-5(9)22(27)28/h1-2,20H. The van der Waals surface area contributed by atoms with Crippen LogP contribution in [0.5, 0.6) is 0 Å². The van der Waals surface area contributed by atoms with E-state index in [1.807, 2.05) is 5.32 Å². The van der Waals surface area contributed by atoms with Gasteiger partial charge in [0, 0.05) is 6.07 Å². The van der Waals surface area contributed by atoms with Crippen LogP contribution in [0, 0.1) is 40.5 Å². The summed E-state index contributed by atoms with van der Waals surface area (Å²) in [6, 6.07) is 0.233. The predicted octanol–water partition coefficient (Wildman–Crippen LogP) is 6.37. The minimum Gasteiger partial charge on any atom is -0.343 e. The molecule has 170 valence electrons. The smallest absolute Gasteiger partial charge is 0.343 e. The summed E-state index contributed by atoms with van der Waals surface area (Å²) < 4.78 is 39.0. The molecule has 13 nitrogen and oxygen atoms in total. The van der Waals surface area contributed by atoms with Crippen LogP contribution in [0.25, 0.3) is 0 Å². The van der Waals surface area contributed by atoms with Crippen molar-refractivity contribution in [2.45, 2.75) is 6.18 Å². The van der Waals surface area contributed by atoms with Gasteiger partial charge in [0.2, 0.25) is 0 Å². The molecule has 0 atom stereocenters. The molecule has 0 heterocycles. The molecule has 0 aromatic heterocycles. The average molecular weight is 654 g/mol. The van der Waals surface area contributed by atoms with Gasteiger partial charge in [-0.25, -0.2) is 0 Å². The molecule has 0 saturated carbocycles. The summed E-state index contributed by atoms with van der Waals surface area (Å²) in [5, 5.41) is 47.0. The lowest BCUT2D eigenvalue weighted by molar-refractivity contribution is -0.395. The maximum absolute atomic E-state index is 13.6. The molecule has 19 heteroatoms. The van der Waals surface area contributed by atoms with Gasteiger partial charge in [0.25, 0.3) is 11.4 Å². The molecule has 0 aliphatic carbocycles. The number of hydrogen-bond acceptors (Lipinski definition) is 9. The zero-order chi connectivity index (χ0) is 24.7. The van der Waals surface area contributed by atoms with E-state index in [9.17, 15) is 53.6 Å². The lowest BCUT2D eigenvalue weighted by Gasteiger charge is -2.16. The van der Waals surface area contributed by atoms with Crippen molar-refractivity contribution in [3.8, 4) is 0 Å². The quantitative estimate of drug-likeness (QED) is 0.210. The van der Waals surface area contributed by atoms with Gasteiger partial charge in [0.05, 0.1) is 35.8 Å². The molecular weight excluding hydrogens is 651 g/mol. The number of nitro groups is 4. The van der Waals surface area contributed by atoms with Crippen LogP contribution in [0.15, 0.2) is 25.6 Å². The Balaban J connectivity index is 2.99. The first kappa shape index (κ1) is 25.3. The molecule has 2 aromatic rings. The largest absolute Gasteiger partial charge is 0.418 e. The van der Waals surface area contributed by atoms with Crippen molar-refractivity contribution in [2.24, 2.45) is 0 Å². The third kappa shape index (κ3) is 4.63. The van der Waals surface area contributed by atoms with Crippen LogP contribution in [0.3, 0.4) is 0 Å². The van der Waals surface area contributed by atoms with E-state index in [2.05, 4.69) is 47.8 Å². The number of hydrogen-bond donors (Lipinski definition) is 1. The molecule has 0 radical (unpaired) electrons. The Morgan fingerprint density at radius 2 is 1.25 bits per heavy atom. The summed E-state index contributed by atoms with van der Waals surface area (Å²) >= 11 is 8.22. The molecule has 0 saturated heterocycles. The molecular formula is C13H3Br3F3N5O8. The van der Waals surface area contributed by atoms with Crippen LogP contribution >= 0.6 is 47.8 Å². The van der Waals surface area contributed by atoms with Gasteiger partial charge in [-0.3, -0.25) is 40.5 Å². The molecule has 0 aliphatic rings. The van der Waals surface area contributed by atoms with Crippen molar-refractivity contribution in [3.05, 3.63) is 71.6 Å². The molecule has 0 fully saturated rings. The van der Waals surface area contributed by atoms with Gasteiger partial charge < -0.3 is 5.32 Å². The van der Waals surface area contributed by atoms with Crippen molar-refractivity contribution in [1.29, 1.82) is 0 Å². The van der Waals surface area contributed by atoms with Gasteiger partial charge in [0.15, 0.2) is 4.47 Å². The van der Waals surface area contributed by atoms with Gasteiger partial charge in [-0.05, 0) is 47.8 Å². The fourth-order valence-corrected chi connectivity index (χ4v) is 4.39. The number of nitrogens with one attached hydrogen (secondary N) is 1. The number of non-ortho nitro benzene ring substituents is 1. The highest BCUT2D eigenvalue weighted by Gasteiger charge is 2.42. The van der Waals surface area contributed by atoms with Gasteiger partial charge >= 0.3 is 17.6 Å². The van der Waals surface area contributed by atoms with Crippen molar-refractivity contribution < 1.29 is 32.9 Å². The lowest BCUT2D eigenvalue weighted by atomic mass is 10.1. The number of halogens is 6. The Morgan fingerprint density at radius 3 is 1.66 bits per heavy atom. The summed E-state index contributed by atoms with van der Waals surface area (Å²) in [7, 11) is 0. The Kier molecular flexibility index (Phi) is 7.05. The average Bonchev–Trinajstić information content (AvgIpc) is 2.63. The van der Waals surface area contributed by atoms with Crippen molar-refractivity contribution in [2.75, 3.05) is 5.32 Å². The summed E-state index contributed by atoms with van der Waals surface area (Å²) in [4.78, 5) is 40.2. The van der Waals surface area contributed by atoms with E-state index in [0.717, 1.165) is 0 Å². The van der Waals surface area contributed by atoms with Crippen molar-refractivity contribution >= 4 is 81.9 Å². The van der Waals surface area contributed by atoms with Crippen LogP contribution in [-0.2, 0) is 6.18 Å². The van der Waals surface area contributed by atoms with Crippen LogP contribution in [0.1, 0.15) is 5.56 Å². The van der Waals surface area contributed by atoms with Crippen LogP contribution in [-0.4, -0.2) is 19.7 Å². The lowest BCUT2D eigenvalue weighted by Crippen LogP contribution is -2.13. The summed E-state index contributed by atoms with van der Waals surface area (Å²) in [6.45, 7) is 0. The minimum atomic E-state index is -5.37. The second-order valence-electron chi connectivity index (χ2n) is 5.55. The fraction of sp³-hybridized carbons (Fsp3) is 0.0769. The zero-order valence-electron chi connectivity index (χ0n) is 14.5. The number of nitrogens with zero attached hydrogens (tertiary/aromatic N) is 4. The molecule has 0 spiro atoms.